The number of rotatable bonds is 2. The van der Waals surface area contributed by atoms with Crippen LogP contribution >= 0.6 is 0 Å². The van der Waals surface area contributed by atoms with Crippen molar-refractivity contribution in [1.82, 2.24) is 0 Å². The van der Waals surface area contributed by atoms with Gasteiger partial charge >= 0.3 is 0 Å². The molecule has 0 bridgehead atoms. The first-order valence-electron chi connectivity index (χ1n) is 8.63. The Labute approximate surface area is 118 Å². The largest absolute Gasteiger partial charge is 0.0683 e. The van der Waals surface area contributed by atoms with Gasteiger partial charge in [-0.3, -0.25) is 0 Å². The van der Waals surface area contributed by atoms with E-state index in [0.717, 1.165) is 23.7 Å². The van der Waals surface area contributed by atoms with Crippen molar-refractivity contribution in [3.8, 4) is 0 Å². The van der Waals surface area contributed by atoms with Crippen LogP contribution in [-0.2, 0) is 0 Å². The van der Waals surface area contributed by atoms with E-state index in [1.807, 2.05) is 27.7 Å². The van der Waals surface area contributed by atoms with E-state index in [2.05, 4.69) is 27.7 Å². The zero-order chi connectivity index (χ0) is 14.6. The summed E-state index contributed by atoms with van der Waals surface area (Å²) in [4.78, 5) is 0. The zero-order valence-corrected chi connectivity index (χ0v) is 14.6. The van der Waals surface area contributed by atoms with Crippen LogP contribution in [0.3, 0.4) is 0 Å². The summed E-state index contributed by atoms with van der Waals surface area (Å²) < 4.78 is 0. The summed E-state index contributed by atoms with van der Waals surface area (Å²) in [5, 5.41) is 0. The van der Waals surface area contributed by atoms with Crippen LogP contribution < -0.4 is 0 Å². The van der Waals surface area contributed by atoms with E-state index in [4.69, 9.17) is 0 Å². The molecule has 0 N–H and O–H groups in total. The average Bonchev–Trinajstić information content (AvgIpc) is 2.29. The predicted octanol–water partition coefficient (Wildman–Crippen LogP) is 6.94. The van der Waals surface area contributed by atoms with E-state index in [1.165, 1.54) is 38.5 Å². The van der Waals surface area contributed by atoms with Crippen LogP contribution in [0.4, 0.5) is 0 Å². The fourth-order valence-corrected chi connectivity index (χ4v) is 2.41. The summed E-state index contributed by atoms with van der Waals surface area (Å²) in [6, 6.07) is 0. The molecule has 2 saturated carbocycles. The molecule has 0 heteroatoms. The van der Waals surface area contributed by atoms with Crippen molar-refractivity contribution in [2.75, 3.05) is 0 Å². The van der Waals surface area contributed by atoms with Crippen molar-refractivity contribution in [3.63, 3.8) is 0 Å². The minimum absolute atomic E-state index is 0.936. The van der Waals surface area contributed by atoms with Crippen molar-refractivity contribution in [1.29, 1.82) is 0 Å². The molecule has 2 aliphatic carbocycles. The maximum absolute atomic E-state index is 2.35. The van der Waals surface area contributed by atoms with Gasteiger partial charge in [0, 0.05) is 0 Å². The molecule has 2 rings (SSSR count). The summed E-state index contributed by atoms with van der Waals surface area (Å²) in [6.07, 6.45) is 8.90. The molecule has 112 valence electrons. The molecule has 0 unspecified atom stereocenters. The number of hydrogen-bond acceptors (Lipinski definition) is 0. The highest BCUT2D eigenvalue weighted by Crippen LogP contribution is 2.37. The Morgan fingerprint density at radius 1 is 0.944 bits per heavy atom. The Kier molecular flexibility index (Phi) is 15.2. The summed E-state index contributed by atoms with van der Waals surface area (Å²) in [5.41, 5.74) is 0. The Hall–Kier alpha value is 0. The van der Waals surface area contributed by atoms with E-state index in [9.17, 15) is 0 Å². The van der Waals surface area contributed by atoms with Gasteiger partial charge in [0.15, 0.2) is 0 Å². The molecule has 2 fully saturated rings. The maximum atomic E-state index is 2.35. The van der Waals surface area contributed by atoms with Crippen LogP contribution in [0, 0.1) is 23.7 Å². The van der Waals surface area contributed by atoms with Gasteiger partial charge < -0.3 is 0 Å². The zero-order valence-electron chi connectivity index (χ0n) is 14.6. The Balaban J connectivity index is 0. The predicted molar refractivity (Wildman–Crippen MR) is 87.1 cm³/mol. The second-order valence-electron chi connectivity index (χ2n) is 5.79. The SMILES string of the molecule is CC.CC.CC1CC(C(C)C)C1.CCC1CCC1. The van der Waals surface area contributed by atoms with Gasteiger partial charge in [0.25, 0.3) is 0 Å². The second-order valence-corrected chi connectivity index (χ2v) is 5.79. The lowest BCUT2D eigenvalue weighted by Crippen LogP contribution is -2.25. The molecule has 0 aromatic rings. The van der Waals surface area contributed by atoms with Crippen LogP contribution in [0.1, 0.15) is 93.9 Å². The summed E-state index contributed by atoms with van der Waals surface area (Å²) in [6.45, 7) is 17.3. The Morgan fingerprint density at radius 3 is 1.44 bits per heavy atom. The van der Waals surface area contributed by atoms with Crippen molar-refractivity contribution >= 4 is 0 Å². The monoisotopic (exact) mass is 256 g/mol. The van der Waals surface area contributed by atoms with Gasteiger partial charge in [-0.1, -0.05) is 81.1 Å². The first-order chi connectivity index (χ1) is 8.63. The molecule has 0 amide bonds. The van der Waals surface area contributed by atoms with Crippen LogP contribution in [0.25, 0.3) is 0 Å². The molecular weight excluding hydrogens is 216 g/mol. The first-order valence-corrected chi connectivity index (χ1v) is 8.63. The van der Waals surface area contributed by atoms with Crippen molar-refractivity contribution in [2.24, 2.45) is 23.7 Å². The first kappa shape index (κ1) is 20.3. The molecule has 18 heavy (non-hydrogen) atoms. The fourth-order valence-electron chi connectivity index (χ4n) is 2.41. The highest BCUT2D eigenvalue weighted by molar-refractivity contribution is 4.77. The topological polar surface area (TPSA) is 0 Å². The van der Waals surface area contributed by atoms with Gasteiger partial charge in [-0.25, -0.2) is 0 Å². The second kappa shape index (κ2) is 13.4. The molecule has 0 saturated heterocycles. The Bertz CT molecular complexity index is 135. The van der Waals surface area contributed by atoms with Crippen molar-refractivity contribution in [3.05, 3.63) is 0 Å². The quantitative estimate of drug-likeness (QED) is 0.502. The molecule has 0 radical (unpaired) electrons. The minimum atomic E-state index is 0.936. The fraction of sp³-hybridized carbons (Fsp3) is 1.00. The summed E-state index contributed by atoms with van der Waals surface area (Å²) in [7, 11) is 0. The lowest BCUT2D eigenvalue weighted by Gasteiger charge is -2.35. The van der Waals surface area contributed by atoms with E-state index in [0.29, 0.717) is 0 Å². The Morgan fingerprint density at radius 2 is 1.39 bits per heavy atom. The van der Waals surface area contributed by atoms with E-state index < -0.39 is 0 Å². The molecule has 0 heterocycles. The minimum Gasteiger partial charge on any atom is -0.0683 e. The van der Waals surface area contributed by atoms with Crippen LogP contribution in [0.2, 0.25) is 0 Å². The van der Waals surface area contributed by atoms with E-state index >= 15 is 0 Å². The highest BCUT2D eigenvalue weighted by Gasteiger charge is 2.27. The van der Waals surface area contributed by atoms with E-state index in [1.54, 1.807) is 0 Å². The summed E-state index contributed by atoms with van der Waals surface area (Å²) >= 11 is 0. The smallest absolute Gasteiger partial charge is 0.0386 e. The molecule has 0 aliphatic heterocycles. The normalized spacial score (nSPS) is 25.2. The van der Waals surface area contributed by atoms with Gasteiger partial charge in [-0.15, -0.1) is 0 Å². The van der Waals surface area contributed by atoms with Crippen molar-refractivity contribution in [2.45, 2.75) is 93.9 Å². The highest BCUT2D eigenvalue weighted by atomic mass is 14.3. The lowest BCUT2D eigenvalue weighted by molar-refractivity contribution is 0.156. The van der Waals surface area contributed by atoms with Crippen molar-refractivity contribution < 1.29 is 0 Å². The van der Waals surface area contributed by atoms with Gasteiger partial charge in [0.2, 0.25) is 0 Å². The van der Waals surface area contributed by atoms with Crippen LogP contribution in [0.15, 0.2) is 0 Å². The van der Waals surface area contributed by atoms with Gasteiger partial charge in [-0.2, -0.15) is 0 Å². The van der Waals surface area contributed by atoms with Gasteiger partial charge in [0.1, 0.15) is 0 Å². The lowest BCUT2D eigenvalue weighted by atomic mass is 9.71. The van der Waals surface area contributed by atoms with Crippen LogP contribution in [-0.4, -0.2) is 0 Å². The number of hydrogen-bond donors (Lipinski definition) is 0. The summed E-state index contributed by atoms with van der Waals surface area (Å²) in [5.74, 6) is 4.14. The third-order valence-electron chi connectivity index (χ3n) is 4.16. The third-order valence-corrected chi connectivity index (χ3v) is 4.16. The molecule has 0 nitrogen and oxygen atoms in total. The molecule has 2 aliphatic rings. The average molecular weight is 257 g/mol. The molecule has 0 aromatic carbocycles. The van der Waals surface area contributed by atoms with Gasteiger partial charge in [-0.05, 0) is 36.5 Å². The molecule has 0 aromatic heterocycles. The molecule has 0 atom stereocenters. The van der Waals surface area contributed by atoms with Crippen LogP contribution in [0.5, 0.6) is 0 Å². The maximum Gasteiger partial charge on any atom is -0.0386 e. The van der Waals surface area contributed by atoms with E-state index in [-0.39, 0.29) is 0 Å². The van der Waals surface area contributed by atoms with Gasteiger partial charge in [0.05, 0.1) is 0 Å². The third kappa shape index (κ3) is 9.00. The standard InChI is InChI=1S/C8H16.C6H12.2C2H6/c1-6(2)8-4-7(3)5-8;1-2-6-4-3-5-6;2*1-2/h6-8H,4-5H2,1-3H3;6H,2-5H2,1H3;2*1-2H3. The molecule has 0 spiro atoms. The molecular formula is C18H40.